The Labute approximate surface area is 105 Å². The molecule has 98 valence electrons. The van der Waals surface area contributed by atoms with Crippen molar-refractivity contribution in [3.63, 3.8) is 0 Å². The highest BCUT2D eigenvalue weighted by molar-refractivity contribution is 8.72. The molecule has 0 aromatic carbocycles. The quantitative estimate of drug-likeness (QED) is 0.415. The summed E-state index contributed by atoms with van der Waals surface area (Å²) >= 11 is 0. The molecule has 0 fully saturated rings. The first-order valence-corrected chi connectivity index (χ1v) is 9.65. The summed E-state index contributed by atoms with van der Waals surface area (Å²) in [4.78, 5) is 0. The first kappa shape index (κ1) is 16.3. The summed E-state index contributed by atoms with van der Waals surface area (Å²) in [6, 6.07) is 0. The van der Waals surface area contributed by atoms with Crippen molar-refractivity contribution in [3.8, 4) is 0 Å². The third kappa shape index (κ3) is 10.8. The molecule has 0 saturated carbocycles. The SMILES string of the molecule is CCCCCCSS(=O)(=O)CCCCCC. The molecule has 4 heteroatoms. The van der Waals surface area contributed by atoms with Crippen LogP contribution in [0.25, 0.3) is 0 Å². The topological polar surface area (TPSA) is 34.1 Å². The van der Waals surface area contributed by atoms with E-state index in [4.69, 9.17) is 0 Å². The van der Waals surface area contributed by atoms with Crippen molar-refractivity contribution in [1.29, 1.82) is 0 Å². The first-order valence-electron chi connectivity index (χ1n) is 6.49. The zero-order valence-corrected chi connectivity index (χ0v) is 12.3. The highest BCUT2D eigenvalue weighted by Gasteiger charge is 2.10. The van der Waals surface area contributed by atoms with Gasteiger partial charge in [-0.2, -0.15) is 0 Å². The molecule has 0 saturated heterocycles. The zero-order valence-electron chi connectivity index (χ0n) is 10.7. The zero-order chi connectivity index (χ0) is 12.3. The summed E-state index contributed by atoms with van der Waals surface area (Å²) in [5.74, 6) is 1.14. The largest absolute Gasteiger partial charge is 0.217 e. The van der Waals surface area contributed by atoms with Crippen LogP contribution in [0.15, 0.2) is 0 Å². The van der Waals surface area contributed by atoms with Crippen LogP contribution in [0.1, 0.15) is 65.2 Å². The summed E-state index contributed by atoms with van der Waals surface area (Å²) in [5, 5.41) is 0. The molecule has 0 aliphatic carbocycles. The molecular formula is C12H26O2S2. The van der Waals surface area contributed by atoms with E-state index >= 15 is 0 Å². The number of hydrogen-bond acceptors (Lipinski definition) is 3. The Balaban J connectivity index is 3.47. The normalized spacial score (nSPS) is 11.9. The lowest BCUT2D eigenvalue weighted by Crippen LogP contribution is -2.02. The van der Waals surface area contributed by atoms with Gasteiger partial charge in [-0.25, -0.2) is 8.42 Å². The molecule has 0 aromatic rings. The summed E-state index contributed by atoms with van der Waals surface area (Å²) in [6.07, 6.45) is 8.80. The highest BCUT2D eigenvalue weighted by atomic mass is 33.1. The van der Waals surface area contributed by atoms with Crippen LogP contribution in [0.5, 0.6) is 0 Å². The molecule has 0 amide bonds. The van der Waals surface area contributed by atoms with Gasteiger partial charge in [0.15, 0.2) is 0 Å². The Morgan fingerprint density at radius 3 is 1.94 bits per heavy atom. The maximum atomic E-state index is 11.6. The lowest BCUT2D eigenvalue weighted by molar-refractivity contribution is 0.603. The molecule has 0 rings (SSSR count). The third-order valence-electron chi connectivity index (χ3n) is 2.51. The predicted molar refractivity (Wildman–Crippen MR) is 74.5 cm³/mol. The number of rotatable bonds is 11. The molecule has 0 aliphatic heterocycles. The summed E-state index contributed by atoms with van der Waals surface area (Å²) in [6.45, 7) is 4.30. The minimum atomic E-state index is -2.83. The van der Waals surface area contributed by atoms with Crippen LogP contribution in [-0.2, 0) is 8.87 Å². The molecule has 0 aliphatic rings. The van der Waals surface area contributed by atoms with E-state index in [0.29, 0.717) is 5.75 Å². The Morgan fingerprint density at radius 1 is 0.812 bits per heavy atom. The third-order valence-corrected chi connectivity index (χ3v) is 6.19. The Bertz CT molecular complexity index is 235. The second-order valence-electron chi connectivity index (χ2n) is 4.21. The van der Waals surface area contributed by atoms with Gasteiger partial charge in [0.2, 0.25) is 8.87 Å². The van der Waals surface area contributed by atoms with E-state index in [0.717, 1.165) is 55.1 Å². The van der Waals surface area contributed by atoms with Gasteiger partial charge in [0, 0.05) is 5.75 Å². The van der Waals surface area contributed by atoms with Crippen LogP contribution >= 0.6 is 10.8 Å². The van der Waals surface area contributed by atoms with Crippen LogP contribution in [0.2, 0.25) is 0 Å². The Morgan fingerprint density at radius 2 is 1.38 bits per heavy atom. The number of unbranched alkanes of at least 4 members (excludes halogenated alkanes) is 6. The maximum Gasteiger partial charge on any atom is 0.201 e. The molecule has 0 bridgehead atoms. The molecule has 0 heterocycles. The van der Waals surface area contributed by atoms with Crippen molar-refractivity contribution in [2.45, 2.75) is 65.2 Å². The maximum absolute atomic E-state index is 11.6. The molecule has 0 spiro atoms. The van der Waals surface area contributed by atoms with Gasteiger partial charge < -0.3 is 0 Å². The molecule has 0 radical (unpaired) electrons. The lowest BCUT2D eigenvalue weighted by atomic mass is 10.2. The fourth-order valence-electron chi connectivity index (χ4n) is 1.48. The van der Waals surface area contributed by atoms with Crippen molar-refractivity contribution in [2.75, 3.05) is 11.5 Å². The molecule has 0 atom stereocenters. The molecule has 16 heavy (non-hydrogen) atoms. The molecule has 2 nitrogen and oxygen atoms in total. The number of hydrogen-bond donors (Lipinski definition) is 0. The lowest BCUT2D eigenvalue weighted by Gasteiger charge is -2.03. The second kappa shape index (κ2) is 10.5. The van der Waals surface area contributed by atoms with Gasteiger partial charge in [-0.1, -0.05) is 52.4 Å². The van der Waals surface area contributed by atoms with Crippen LogP contribution < -0.4 is 0 Å². The van der Waals surface area contributed by atoms with E-state index in [1.54, 1.807) is 0 Å². The van der Waals surface area contributed by atoms with E-state index < -0.39 is 8.87 Å². The smallest absolute Gasteiger partial charge is 0.201 e. The van der Waals surface area contributed by atoms with E-state index in [2.05, 4.69) is 13.8 Å². The van der Waals surface area contributed by atoms with Crippen molar-refractivity contribution < 1.29 is 8.42 Å². The van der Waals surface area contributed by atoms with Crippen LogP contribution in [0, 0.1) is 0 Å². The van der Waals surface area contributed by atoms with E-state index in [-0.39, 0.29) is 0 Å². The van der Waals surface area contributed by atoms with Crippen LogP contribution in [0.3, 0.4) is 0 Å². The van der Waals surface area contributed by atoms with Crippen molar-refractivity contribution in [2.24, 2.45) is 0 Å². The predicted octanol–water partition coefficient (Wildman–Crippen LogP) is 4.21. The summed E-state index contributed by atoms with van der Waals surface area (Å²) in [7, 11) is -1.67. The highest BCUT2D eigenvalue weighted by Crippen LogP contribution is 2.18. The van der Waals surface area contributed by atoms with Gasteiger partial charge >= 0.3 is 0 Å². The van der Waals surface area contributed by atoms with Gasteiger partial charge in [-0.3, -0.25) is 0 Å². The molecule has 0 aromatic heterocycles. The average molecular weight is 266 g/mol. The first-order chi connectivity index (χ1) is 7.62. The van der Waals surface area contributed by atoms with Gasteiger partial charge in [-0.15, -0.1) is 0 Å². The Kier molecular flexibility index (Phi) is 10.6. The van der Waals surface area contributed by atoms with Gasteiger partial charge in [0.05, 0.1) is 5.75 Å². The van der Waals surface area contributed by atoms with Crippen molar-refractivity contribution in [3.05, 3.63) is 0 Å². The summed E-state index contributed by atoms with van der Waals surface area (Å²) < 4.78 is 23.2. The van der Waals surface area contributed by atoms with Crippen molar-refractivity contribution in [1.82, 2.24) is 0 Å². The second-order valence-corrected chi connectivity index (χ2v) is 8.60. The minimum absolute atomic E-state index is 0.367. The van der Waals surface area contributed by atoms with E-state index in [9.17, 15) is 8.42 Å². The average Bonchev–Trinajstić information content (AvgIpc) is 2.24. The van der Waals surface area contributed by atoms with Crippen LogP contribution in [0.4, 0.5) is 0 Å². The fourth-order valence-corrected chi connectivity index (χ4v) is 4.55. The Hall–Kier alpha value is 0.300. The molecule has 0 unspecified atom stereocenters. The van der Waals surface area contributed by atoms with Crippen LogP contribution in [-0.4, -0.2) is 19.9 Å². The standard InChI is InChI=1S/C12H26O2S2/c1-3-5-7-9-11-15-16(13,14)12-10-8-6-4-2/h3-12H2,1-2H3. The van der Waals surface area contributed by atoms with E-state index in [1.807, 2.05) is 0 Å². The van der Waals surface area contributed by atoms with Gasteiger partial charge in [0.1, 0.15) is 0 Å². The molecular weight excluding hydrogens is 240 g/mol. The van der Waals surface area contributed by atoms with E-state index in [1.165, 1.54) is 12.8 Å². The molecule has 0 N–H and O–H groups in total. The van der Waals surface area contributed by atoms with Gasteiger partial charge in [0.25, 0.3) is 0 Å². The summed E-state index contributed by atoms with van der Waals surface area (Å²) in [5.41, 5.74) is 0. The monoisotopic (exact) mass is 266 g/mol. The van der Waals surface area contributed by atoms with Gasteiger partial charge in [-0.05, 0) is 23.6 Å². The minimum Gasteiger partial charge on any atom is -0.217 e. The fraction of sp³-hybridized carbons (Fsp3) is 1.00. The van der Waals surface area contributed by atoms with Crippen molar-refractivity contribution >= 4 is 19.7 Å².